The summed E-state index contributed by atoms with van der Waals surface area (Å²) < 4.78 is 64.6. The zero-order chi connectivity index (χ0) is 21.3. The topological polar surface area (TPSA) is 195 Å². The van der Waals surface area contributed by atoms with E-state index in [2.05, 4.69) is 0 Å². The van der Waals surface area contributed by atoms with Crippen LogP contribution in [0, 0.1) is 20.2 Å². The summed E-state index contributed by atoms with van der Waals surface area (Å²) in [4.78, 5) is 17.8. The van der Waals surface area contributed by atoms with Gasteiger partial charge in [-0.05, 0) is 17.7 Å². The van der Waals surface area contributed by atoms with Gasteiger partial charge in [0.05, 0.1) is 9.85 Å². The van der Waals surface area contributed by atoms with Crippen molar-refractivity contribution in [1.29, 1.82) is 0 Å². The monoisotopic (exact) mass is 454 g/mol. The molecule has 0 amide bonds. The minimum atomic E-state index is -5.27. The molecule has 0 aliphatic heterocycles. The molecule has 2 rings (SSSR count). The molecule has 0 unspecified atom stereocenters. The van der Waals surface area contributed by atoms with Crippen molar-refractivity contribution in [1.82, 2.24) is 0 Å². The molecule has 2 aromatic rings. The molecule has 0 saturated carbocycles. The fraction of sp³-hybridized carbons (Fsp3) is 0. The number of nitro benzene ring substituents is 2. The minimum Gasteiger partial charge on any atom is -1.00 e. The molecule has 29 heavy (non-hydrogen) atoms. The molecule has 0 heterocycles. The van der Waals surface area contributed by atoms with E-state index in [1.54, 1.807) is 0 Å². The molecule has 0 aromatic heterocycles. The van der Waals surface area contributed by atoms with E-state index in [0.717, 1.165) is 24.3 Å². The number of nitro groups is 2. The second kappa shape index (κ2) is 9.08. The third-order valence-electron chi connectivity index (χ3n) is 3.42. The summed E-state index contributed by atoms with van der Waals surface area (Å²) in [7, 11) is -9.91. The van der Waals surface area contributed by atoms with E-state index in [0.29, 0.717) is 6.07 Å². The summed E-state index contributed by atoms with van der Waals surface area (Å²) >= 11 is 0. The van der Waals surface area contributed by atoms with Crippen molar-refractivity contribution in [2.75, 3.05) is 0 Å². The van der Waals surface area contributed by atoms with Gasteiger partial charge < -0.3 is 1.43 Å². The molecule has 150 valence electrons. The largest absolute Gasteiger partial charge is 1.00 e. The fourth-order valence-corrected chi connectivity index (χ4v) is 3.88. The Bertz CT molecular complexity index is 1230. The van der Waals surface area contributed by atoms with Gasteiger partial charge in [-0.3, -0.25) is 29.3 Å². The van der Waals surface area contributed by atoms with Crippen molar-refractivity contribution in [2.24, 2.45) is 0 Å². The van der Waals surface area contributed by atoms with E-state index in [1.807, 2.05) is 0 Å². The van der Waals surface area contributed by atoms with Crippen molar-refractivity contribution in [3.8, 4) is 0 Å². The molecule has 12 nitrogen and oxygen atoms in total. The van der Waals surface area contributed by atoms with Crippen molar-refractivity contribution >= 4 is 43.8 Å². The van der Waals surface area contributed by atoms with Gasteiger partial charge in [0.15, 0.2) is 4.90 Å². The standard InChI is InChI=1S/C14H10N2O10S2.Na.H/c17-15(18)11-8-7-10(14(28(24,25)26)13(11)16(19)20)6-5-9-3-1-2-4-12(9)27(21,22)23;;/h1-8H,(H,21,22,23)(H,24,25,26);;/q;+1;-1. The van der Waals surface area contributed by atoms with Gasteiger partial charge in [-0.1, -0.05) is 30.4 Å². The Balaban J connectivity index is 0.00000420. The maximum absolute atomic E-state index is 11.7. The van der Waals surface area contributed by atoms with Crippen LogP contribution in [0.3, 0.4) is 0 Å². The summed E-state index contributed by atoms with van der Waals surface area (Å²) in [6.45, 7) is 0. The van der Waals surface area contributed by atoms with Gasteiger partial charge >= 0.3 is 51.1 Å². The Kier molecular flexibility index (Phi) is 7.78. The number of hydrogen-bond donors (Lipinski definition) is 2. The molecule has 2 N–H and O–H groups in total. The van der Waals surface area contributed by atoms with Crippen LogP contribution in [0.4, 0.5) is 11.4 Å². The van der Waals surface area contributed by atoms with Crippen LogP contribution in [0.5, 0.6) is 0 Å². The molecule has 0 fully saturated rings. The summed E-state index contributed by atoms with van der Waals surface area (Å²) in [5.74, 6) is 0. The minimum absolute atomic E-state index is 0. The quantitative estimate of drug-likeness (QED) is 0.185. The Morgan fingerprint density at radius 1 is 0.828 bits per heavy atom. The molecule has 0 spiro atoms. The predicted molar refractivity (Wildman–Crippen MR) is 95.9 cm³/mol. The second-order valence-electron chi connectivity index (χ2n) is 5.19. The van der Waals surface area contributed by atoms with Gasteiger partial charge in [0.1, 0.15) is 4.90 Å². The summed E-state index contributed by atoms with van der Waals surface area (Å²) in [5.41, 5.74) is -3.22. The van der Waals surface area contributed by atoms with Crippen molar-refractivity contribution in [3.63, 3.8) is 0 Å². The second-order valence-corrected chi connectivity index (χ2v) is 7.94. The van der Waals surface area contributed by atoms with Crippen molar-refractivity contribution < 1.29 is 66.8 Å². The van der Waals surface area contributed by atoms with E-state index >= 15 is 0 Å². The van der Waals surface area contributed by atoms with E-state index in [1.165, 1.54) is 18.2 Å². The van der Waals surface area contributed by atoms with Gasteiger partial charge in [-0.25, -0.2) is 0 Å². The summed E-state index contributed by atoms with van der Waals surface area (Å²) in [6.07, 6.45) is 1.90. The average molecular weight is 454 g/mol. The maximum Gasteiger partial charge on any atom is 1.00 e. The van der Waals surface area contributed by atoms with Gasteiger partial charge in [0.25, 0.3) is 10.1 Å². The van der Waals surface area contributed by atoms with Crippen LogP contribution in [0.2, 0.25) is 0 Å². The number of hydrogen-bond acceptors (Lipinski definition) is 8. The molecule has 2 aromatic carbocycles. The van der Waals surface area contributed by atoms with E-state index in [-0.39, 0.29) is 36.5 Å². The van der Waals surface area contributed by atoms with Gasteiger partial charge in [0.2, 0.25) is 0 Å². The SMILES string of the molecule is O=[N+]([O-])c1ccc(C=Cc2ccccc2S(=O)(=O)O)c(S(=O)(=O)O)c1[N+](=O)[O-].[H-].[Na+]. The fourth-order valence-electron chi connectivity index (χ4n) is 2.34. The van der Waals surface area contributed by atoms with Gasteiger partial charge in [0, 0.05) is 11.6 Å². The molecule has 15 heteroatoms. The average Bonchev–Trinajstić information content (AvgIpc) is 2.57. The third-order valence-corrected chi connectivity index (χ3v) is 5.29. The Hall–Kier alpha value is -2.20. The van der Waals surface area contributed by atoms with Gasteiger partial charge in [-0.15, -0.1) is 0 Å². The first-order chi connectivity index (χ1) is 12.8. The Morgan fingerprint density at radius 2 is 1.38 bits per heavy atom. The first kappa shape index (κ1) is 24.8. The molecule has 0 aliphatic carbocycles. The van der Waals surface area contributed by atoms with Crippen LogP contribution >= 0.6 is 0 Å². The molecule has 0 aliphatic rings. The molecule has 0 radical (unpaired) electrons. The number of benzene rings is 2. The number of rotatable bonds is 6. The summed E-state index contributed by atoms with van der Waals surface area (Å²) in [5, 5.41) is 22.2. The molecular weight excluding hydrogens is 443 g/mol. The maximum atomic E-state index is 11.7. The number of nitrogens with zero attached hydrogens (tertiary/aromatic N) is 2. The third kappa shape index (κ3) is 5.66. The Labute approximate surface area is 187 Å². The van der Waals surface area contributed by atoms with Crippen LogP contribution in [0.1, 0.15) is 12.6 Å². The Morgan fingerprint density at radius 3 is 1.86 bits per heavy atom. The molecule has 0 bridgehead atoms. The van der Waals surface area contributed by atoms with Crippen LogP contribution in [0.15, 0.2) is 46.2 Å². The molecule has 0 saturated heterocycles. The molecule has 0 atom stereocenters. The first-order valence-electron chi connectivity index (χ1n) is 7.02. The van der Waals surface area contributed by atoms with Crippen LogP contribution in [-0.4, -0.2) is 35.8 Å². The zero-order valence-electron chi connectivity index (χ0n) is 15.5. The van der Waals surface area contributed by atoms with Crippen molar-refractivity contribution in [3.05, 3.63) is 67.8 Å². The van der Waals surface area contributed by atoms with E-state index in [4.69, 9.17) is 0 Å². The smallest absolute Gasteiger partial charge is 1.00 e. The van der Waals surface area contributed by atoms with Crippen LogP contribution in [-0.2, 0) is 20.2 Å². The van der Waals surface area contributed by atoms with E-state index < -0.39 is 56.8 Å². The van der Waals surface area contributed by atoms with Crippen LogP contribution in [0.25, 0.3) is 12.2 Å². The molecular formula is C14H11N2NaO10S2. The zero-order valence-corrected chi connectivity index (χ0v) is 18.1. The van der Waals surface area contributed by atoms with Crippen molar-refractivity contribution in [2.45, 2.75) is 9.79 Å². The van der Waals surface area contributed by atoms with E-state index in [9.17, 15) is 46.2 Å². The van der Waals surface area contributed by atoms with Gasteiger partial charge in [-0.2, -0.15) is 16.8 Å². The first-order valence-corrected chi connectivity index (χ1v) is 9.90. The van der Waals surface area contributed by atoms with Crippen LogP contribution < -0.4 is 29.6 Å². The normalized spacial score (nSPS) is 11.8. The predicted octanol–water partition coefficient (Wildman–Crippen LogP) is -0.717. The summed E-state index contributed by atoms with van der Waals surface area (Å²) in [6, 6.07) is 6.50.